The molecule has 18 heavy (non-hydrogen) atoms. The summed E-state index contributed by atoms with van der Waals surface area (Å²) in [6.07, 6.45) is 1.88. The number of rotatable bonds is 4. The van der Waals surface area contributed by atoms with Gasteiger partial charge in [-0.25, -0.2) is 4.79 Å². The molecule has 2 atom stereocenters. The largest absolute Gasteiger partial charge is 0.444 e. The molecule has 5 heteroatoms. The van der Waals surface area contributed by atoms with Crippen molar-refractivity contribution in [1.82, 2.24) is 10.6 Å². The predicted octanol–water partition coefficient (Wildman–Crippen LogP) is 1.67. The normalized spacial score (nSPS) is 22.3. The fourth-order valence-corrected chi connectivity index (χ4v) is 1.80. The van der Waals surface area contributed by atoms with E-state index < -0.39 is 5.60 Å². The molecule has 1 rings (SSSR count). The molecule has 1 fully saturated rings. The maximum Gasteiger partial charge on any atom is 0.407 e. The summed E-state index contributed by atoms with van der Waals surface area (Å²) in [5.74, 6) is 0. The van der Waals surface area contributed by atoms with Crippen molar-refractivity contribution in [2.75, 3.05) is 19.8 Å². The Bertz CT molecular complexity index is 257. The highest BCUT2D eigenvalue weighted by atomic mass is 16.6. The molecule has 0 bridgehead atoms. The third-order valence-corrected chi connectivity index (χ3v) is 2.64. The number of ether oxygens (including phenoxy) is 2. The smallest absolute Gasteiger partial charge is 0.407 e. The summed E-state index contributed by atoms with van der Waals surface area (Å²) in [5.41, 5.74) is -0.450. The average molecular weight is 258 g/mol. The zero-order valence-electron chi connectivity index (χ0n) is 11.9. The molecular weight excluding hydrogens is 232 g/mol. The van der Waals surface area contributed by atoms with Gasteiger partial charge in [-0.15, -0.1) is 0 Å². The summed E-state index contributed by atoms with van der Waals surface area (Å²) >= 11 is 0. The Hall–Kier alpha value is -0.810. The Morgan fingerprint density at radius 2 is 2.22 bits per heavy atom. The van der Waals surface area contributed by atoms with Crippen molar-refractivity contribution in [2.45, 2.75) is 58.2 Å². The van der Waals surface area contributed by atoms with Crippen molar-refractivity contribution in [1.29, 1.82) is 0 Å². The number of hydrogen-bond donors (Lipinski definition) is 2. The molecule has 0 aromatic heterocycles. The third-order valence-electron chi connectivity index (χ3n) is 2.64. The fraction of sp³-hybridized carbons (Fsp3) is 0.923. The van der Waals surface area contributed by atoms with Gasteiger partial charge in [0.05, 0.1) is 6.61 Å². The first-order chi connectivity index (χ1) is 8.37. The van der Waals surface area contributed by atoms with E-state index in [-0.39, 0.29) is 12.1 Å². The SMILES string of the molecule is CC(CNC1CCCOC1)NC(=O)OC(C)(C)C. The Balaban J connectivity index is 2.16. The lowest BCUT2D eigenvalue weighted by Crippen LogP contribution is -2.46. The molecule has 0 aromatic carbocycles. The Morgan fingerprint density at radius 3 is 2.78 bits per heavy atom. The van der Waals surface area contributed by atoms with Gasteiger partial charge in [0.1, 0.15) is 5.60 Å². The standard InChI is InChI=1S/C13H26N2O3/c1-10(15-12(16)18-13(2,3)4)8-14-11-6-5-7-17-9-11/h10-11,14H,5-9H2,1-4H3,(H,15,16). The molecule has 1 aliphatic heterocycles. The van der Waals surface area contributed by atoms with Crippen molar-refractivity contribution in [2.24, 2.45) is 0 Å². The van der Waals surface area contributed by atoms with Crippen LogP contribution in [-0.2, 0) is 9.47 Å². The van der Waals surface area contributed by atoms with E-state index in [4.69, 9.17) is 9.47 Å². The van der Waals surface area contributed by atoms with Crippen LogP contribution in [0.15, 0.2) is 0 Å². The lowest BCUT2D eigenvalue weighted by molar-refractivity contribution is 0.0498. The van der Waals surface area contributed by atoms with Crippen molar-refractivity contribution >= 4 is 6.09 Å². The van der Waals surface area contributed by atoms with Crippen LogP contribution in [0.4, 0.5) is 4.79 Å². The van der Waals surface area contributed by atoms with Crippen LogP contribution < -0.4 is 10.6 Å². The van der Waals surface area contributed by atoms with Gasteiger partial charge in [-0.1, -0.05) is 0 Å². The Kier molecular flexibility index (Phi) is 5.88. The molecule has 0 spiro atoms. The summed E-state index contributed by atoms with van der Waals surface area (Å²) in [4.78, 5) is 11.5. The third kappa shape index (κ3) is 6.81. The highest BCUT2D eigenvalue weighted by Crippen LogP contribution is 2.07. The van der Waals surface area contributed by atoms with Gasteiger partial charge in [0, 0.05) is 25.2 Å². The van der Waals surface area contributed by atoms with Gasteiger partial charge < -0.3 is 20.1 Å². The lowest BCUT2D eigenvalue weighted by Gasteiger charge is -2.26. The van der Waals surface area contributed by atoms with Crippen LogP contribution in [0.2, 0.25) is 0 Å². The molecule has 2 N–H and O–H groups in total. The van der Waals surface area contributed by atoms with Crippen LogP contribution in [0.1, 0.15) is 40.5 Å². The van der Waals surface area contributed by atoms with Gasteiger partial charge in [-0.05, 0) is 40.5 Å². The highest BCUT2D eigenvalue weighted by molar-refractivity contribution is 5.68. The van der Waals surface area contributed by atoms with E-state index >= 15 is 0 Å². The molecule has 1 heterocycles. The van der Waals surface area contributed by atoms with Gasteiger partial charge >= 0.3 is 6.09 Å². The van der Waals surface area contributed by atoms with Gasteiger partial charge in [0.25, 0.3) is 0 Å². The summed E-state index contributed by atoms with van der Waals surface area (Å²) in [5, 5.41) is 6.21. The fourth-order valence-electron chi connectivity index (χ4n) is 1.80. The molecule has 106 valence electrons. The van der Waals surface area contributed by atoms with E-state index in [0.717, 1.165) is 32.6 Å². The van der Waals surface area contributed by atoms with Crippen molar-refractivity contribution in [3.63, 3.8) is 0 Å². The van der Waals surface area contributed by atoms with Gasteiger partial charge in [-0.2, -0.15) is 0 Å². The molecule has 1 saturated heterocycles. The van der Waals surface area contributed by atoms with Crippen LogP contribution in [0.25, 0.3) is 0 Å². The molecule has 0 saturated carbocycles. The maximum atomic E-state index is 11.5. The quantitative estimate of drug-likeness (QED) is 0.805. The molecule has 0 radical (unpaired) electrons. The summed E-state index contributed by atoms with van der Waals surface area (Å²) in [6.45, 7) is 9.88. The van der Waals surface area contributed by atoms with Crippen molar-refractivity contribution in [3.8, 4) is 0 Å². The van der Waals surface area contributed by atoms with Gasteiger partial charge in [0.2, 0.25) is 0 Å². The summed E-state index contributed by atoms with van der Waals surface area (Å²) in [6, 6.07) is 0.448. The van der Waals surface area contributed by atoms with E-state index in [9.17, 15) is 4.79 Å². The van der Waals surface area contributed by atoms with Gasteiger partial charge in [0.15, 0.2) is 0 Å². The lowest BCUT2D eigenvalue weighted by atomic mass is 10.1. The van der Waals surface area contributed by atoms with E-state index in [2.05, 4.69) is 10.6 Å². The molecule has 0 aliphatic carbocycles. The monoisotopic (exact) mass is 258 g/mol. The molecule has 2 unspecified atom stereocenters. The maximum absolute atomic E-state index is 11.5. The van der Waals surface area contributed by atoms with Crippen LogP contribution in [-0.4, -0.2) is 43.5 Å². The Labute approximate surface area is 110 Å². The minimum atomic E-state index is -0.450. The number of nitrogens with one attached hydrogen (secondary N) is 2. The van der Waals surface area contributed by atoms with Crippen molar-refractivity contribution < 1.29 is 14.3 Å². The number of amides is 1. The first-order valence-corrected chi connectivity index (χ1v) is 6.67. The molecule has 0 aromatic rings. The molecule has 1 amide bonds. The first kappa shape index (κ1) is 15.2. The zero-order chi connectivity index (χ0) is 13.6. The first-order valence-electron chi connectivity index (χ1n) is 6.67. The number of alkyl carbamates (subject to hydrolysis) is 1. The van der Waals surface area contributed by atoms with Crippen LogP contribution in [0.3, 0.4) is 0 Å². The molecule has 1 aliphatic rings. The van der Waals surface area contributed by atoms with Crippen molar-refractivity contribution in [3.05, 3.63) is 0 Å². The second-order valence-electron chi connectivity index (χ2n) is 5.87. The van der Waals surface area contributed by atoms with Crippen LogP contribution in [0, 0.1) is 0 Å². The molecule has 5 nitrogen and oxygen atoms in total. The summed E-state index contributed by atoms with van der Waals surface area (Å²) in [7, 11) is 0. The highest BCUT2D eigenvalue weighted by Gasteiger charge is 2.18. The van der Waals surface area contributed by atoms with E-state index in [1.54, 1.807) is 0 Å². The van der Waals surface area contributed by atoms with Gasteiger partial charge in [-0.3, -0.25) is 0 Å². The zero-order valence-corrected chi connectivity index (χ0v) is 11.9. The van der Waals surface area contributed by atoms with Crippen LogP contribution in [0.5, 0.6) is 0 Å². The number of carbonyl (C=O) groups excluding carboxylic acids is 1. The second-order valence-corrected chi connectivity index (χ2v) is 5.87. The van der Waals surface area contributed by atoms with E-state index in [1.165, 1.54) is 0 Å². The summed E-state index contributed by atoms with van der Waals surface area (Å²) < 4.78 is 10.6. The van der Waals surface area contributed by atoms with Crippen LogP contribution >= 0.6 is 0 Å². The number of carbonyl (C=O) groups is 1. The molecular formula is C13H26N2O3. The number of hydrogen-bond acceptors (Lipinski definition) is 4. The van der Waals surface area contributed by atoms with E-state index in [0.29, 0.717) is 6.04 Å². The Morgan fingerprint density at radius 1 is 1.50 bits per heavy atom. The topological polar surface area (TPSA) is 59.6 Å². The van der Waals surface area contributed by atoms with E-state index in [1.807, 2.05) is 27.7 Å². The second kappa shape index (κ2) is 6.95. The average Bonchev–Trinajstić information content (AvgIpc) is 2.25. The predicted molar refractivity (Wildman–Crippen MR) is 70.7 cm³/mol. The minimum absolute atomic E-state index is 0.0433. The minimum Gasteiger partial charge on any atom is -0.444 e.